The average Bonchev–Trinajstić information content (AvgIpc) is 2.47. The molecule has 1 heterocycles. The van der Waals surface area contributed by atoms with E-state index in [1.165, 1.54) is 6.07 Å². The molecule has 1 aliphatic rings. The molecule has 4 nitrogen and oxygen atoms in total. The molecule has 0 N–H and O–H groups in total. The molecule has 0 bridgehead atoms. The second kappa shape index (κ2) is 6.17. The fraction of sp³-hybridized carbons (Fsp3) is 0.500. The van der Waals surface area contributed by atoms with Crippen LogP contribution >= 0.6 is 11.8 Å². The highest BCUT2D eigenvalue weighted by Crippen LogP contribution is 2.28. The fourth-order valence-corrected chi connectivity index (χ4v) is 5.17. The van der Waals surface area contributed by atoms with Crippen molar-refractivity contribution in [1.29, 1.82) is 5.26 Å². The Morgan fingerprint density at radius 2 is 2.20 bits per heavy atom. The molecule has 1 aliphatic heterocycles. The predicted octanol–water partition coefficient (Wildman–Crippen LogP) is 2.32. The van der Waals surface area contributed by atoms with E-state index in [2.05, 4.69) is 13.8 Å². The van der Waals surface area contributed by atoms with Gasteiger partial charge in [0.15, 0.2) is 0 Å². The summed E-state index contributed by atoms with van der Waals surface area (Å²) in [5.74, 6) is 1.27. The van der Waals surface area contributed by atoms with Crippen molar-refractivity contribution in [2.24, 2.45) is 5.92 Å². The molecular formula is C14H18N2O2S2. The molecule has 0 aliphatic carbocycles. The van der Waals surface area contributed by atoms with Crippen molar-refractivity contribution in [2.75, 3.05) is 18.8 Å². The Hall–Kier alpha value is -1.03. The van der Waals surface area contributed by atoms with Crippen molar-refractivity contribution < 1.29 is 8.42 Å². The zero-order valence-electron chi connectivity index (χ0n) is 11.6. The highest BCUT2D eigenvalue weighted by Gasteiger charge is 2.31. The van der Waals surface area contributed by atoms with E-state index in [1.807, 2.05) is 17.8 Å². The van der Waals surface area contributed by atoms with Crippen LogP contribution in [0.2, 0.25) is 0 Å². The van der Waals surface area contributed by atoms with Crippen molar-refractivity contribution in [3.8, 4) is 6.07 Å². The second-order valence-corrected chi connectivity index (χ2v) is 8.44. The van der Waals surface area contributed by atoms with Gasteiger partial charge in [-0.1, -0.05) is 19.9 Å². The van der Waals surface area contributed by atoms with Crippen molar-refractivity contribution in [2.45, 2.75) is 24.0 Å². The Balaban J connectivity index is 2.28. The summed E-state index contributed by atoms with van der Waals surface area (Å²) < 4.78 is 26.8. The molecule has 1 aromatic carbocycles. The predicted molar refractivity (Wildman–Crippen MR) is 81.0 cm³/mol. The Kier molecular flexibility index (Phi) is 4.74. The maximum Gasteiger partial charge on any atom is 0.243 e. The van der Waals surface area contributed by atoms with Gasteiger partial charge < -0.3 is 0 Å². The summed E-state index contributed by atoms with van der Waals surface area (Å²) in [6, 6.07) is 8.21. The molecule has 1 unspecified atom stereocenters. The smallest absolute Gasteiger partial charge is 0.207 e. The molecule has 2 rings (SSSR count). The number of nitriles is 1. The number of hydrogen-bond donors (Lipinski definition) is 0. The number of thioether (sulfide) groups is 1. The molecule has 1 atom stereocenters. The van der Waals surface area contributed by atoms with E-state index in [1.54, 1.807) is 22.5 Å². The fourth-order valence-electron chi connectivity index (χ4n) is 2.15. The van der Waals surface area contributed by atoms with Gasteiger partial charge in [0, 0.05) is 24.1 Å². The van der Waals surface area contributed by atoms with Crippen LogP contribution in [0.5, 0.6) is 0 Å². The molecular weight excluding hydrogens is 292 g/mol. The van der Waals surface area contributed by atoms with Crippen LogP contribution in [0.3, 0.4) is 0 Å². The number of nitrogens with zero attached hydrogens (tertiary/aromatic N) is 2. The first-order chi connectivity index (χ1) is 9.45. The topological polar surface area (TPSA) is 61.2 Å². The van der Waals surface area contributed by atoms with E-state index >= 15 is 0 Å². The summed E-state index contributed by atoms with van der Waals surface area (Å²) in [6.07, 6.45) is 0. The molecule has 1 fully saturated rings. The molecule has 0 radical (unpaired) electrons. The molecule has 0 spiro atoms. The van der Waals surface area contributed by atoms with Crippen LogP contribution in [0, 0.1) is 17.2 Å². The first kappa shape index (κ1) is 15.4. The van der Waals surface area contributed by atoms with Gasteiger partial charge in [-0.2, -0.15) is 21.3 Å². The van der Waals surface area contributed by atoms with Crippen LogP contribution < -0.4 is 0 Å². The van der Waals surface area contributed by atoms with Crippen LogP contribution in [0.25, 0.3) is 0 Å². The lowest BCUT2D eigenvalue weighted by Gasteiger charge is -2.33. The SMILES string of the molecule is CC(C)C1CN(S(=O)(=O)c2cccc(C#N)c2)CCS1. The Bertz CT molecular complexity index is 620. The highest BCUT2D eigenvalue weighted by atomic mass is 32.2. The monoisotopic (exact) mass is 310 g/mol. The summed E-state index contributed by atoms with van der Waals surface area (Å²) in [4.78, 5) is 0.214. The minimum atomic E-state index is -3.49. The minimum absolute atomic E-state index is 0.214. The van der Waals surface area contributed by atoms with E-state index in [0.29, 0.717) is 29.8 Å². The van der Waals surface area contributed by atoms with Crippen molar-refractivity contribution in [3.63, 3.8) is 0 Å². The largest absolute Gasteiger partial charge is 0.243 e. The molecule has 1 aromatic rings. The van der Waals surface area contributed by atoms with Crippen LogP contribution in [0.1, 0.15) is 19.4 Å². The third-order valence-electron chi connectivity index (χ3n) is 3.40. The summed E-state index contributed by atoms with van der Waals surface area (Å²) in [6.45, 7) is 5.31. The van der Waals surface area contributed by atoms with Gasteiger partial charge in [-0.25, -0.2) is 8.42 Å². The van der Waals surface area contributed by atoms with Gasteiger partial charge in [-0.15, -0.1) is 0 Å². The molecule has 20 heavy (non-hydrogen) atoms. The molecule has 0 saturated carbocycles. The second-order valence-electron chi connectivity index (χ2n) is 5.16. The number of sulfonamides is 1. The molecule has 1 saturated heterocycles. The van der Waals surface area contributed by atoms with E-state index in [0.717, 1.165) is 5.75 Å². The van der Waals surface area contributed by atoms with Crippen LogP contribution in [0.15, 0.2) is 29.2 Å². The van der Waals surface area contributed by atoms with Gasteiger partial charge >= 0.3 is 0 Å². The van der Waals surface area contributed by atoms with E-state index in [9.17, 15) is 8.42 Å². The summed E-state index contributed by atoms with van der Waals surface area (Å²) in [5.41, 5.74) is 0.373. The van der Waals surface area contributed by atoms with Gasteiger partial charge in [-0.3, -0.25) is 0 Å². The molecule has 0 aromatic heterocycles. The Morgan fingerprint density at radius 1 is 1.45 bits per heavy atom. The number of hydrogen-bond acceptors (Lipinski definition) is 4. The van der Waals surface area contributed by atoms with Gasteiger partial charge in [-0.05, 0) is 24.1 Å². The first-order valence-electron chi connectivity index (χ1n) is 6.57. The molecule has 108 valence electrons. The van der Waals surface area contributed by atoms with Crippen LogP contribution in [-0.4, -0.2) is 36.8 Å². The maximum atomic E-state index is 12.6. The van der Waals surface area contributed by atoms with Crippen LogP contribution in [-0.2, 0) is 10.0 Å². The maximum absolute atomic E-state index is 12.6. The van der Waals surface area contributed by atoms with Gasteiger partial charge in [0.25, 0.3) is 0 Å². The third-order valence-corrected chi connectivity index (χ3v) is 6.80. The van der Waals surface area contributed by atoms with E-state index in [-0.39, 0.29) is 4.90 Å². The highest BCUT2D eigenvalue weighted by molar-refractivity contribution is 8.00. The van der Waals surface area contributed by atoms with Crippen molar-refractivity contribution in [3.05, 3.63) is 29.8 Å². The Morgan fingerprint density at radius 3 is 2.85 bits per heavy atom. The van der Waals surface area contributed by atoms with Gasteiger partial charge in [0.1, 0.15) is 0 Å². The quantitative estimate of drug-likeness (QED) is 0.859. The minimum Gasteiger partial charge on any atom is -0.207 e. The Labute approximate surface area is 124 Å². The number of rotatable bonds is 3. The lowest BCUT2D eigenvalue weighted by Crippen LogP contribution is -2.43. The third kappa shape index (κ3) is 3.17. The van der Waals surface area contributed by atoms with Crippen molar-refractivity contribution in [1.82, 2.24) is 4.31 Å². The van der Waals surface area contributed by atoms with Crippen LogP contribution in [0.4, 0.5) is 0 Å². The zero-order valence-corrected chi connectivity index (χ0v) is 13.2. The molecule has 0 amide bonds. The van der Waals surface area contributed by atoms with E-state index < -0.39 is 10.0 Å². The van der Waals surface area contributed by atoms with Gasteiger partial charge in [0.05, 0.1) is 16.5 Å². The zero-order chi connectivity index (χ0) is 14.8. The lowest BCUT2D eigenvalue weighted by atomic mass is 10.1. The number of benzene rings is 1. The average molecular weight is 310 g/mol. The van der Waals surface area contributed by atoms with Gasteiger partial charge in [0.2, 0.25) is 10.0 Å². The summed E-state index contributed by atoms with van der Waals surface area (Å²) in [7, 11) is -3.49. The summed E-state index contributed by atoms with van der Waals surface area (Å²) >= 11 is 1.84. The molecule has 6 heteroatoms. The van der Waals surface area contributed by atoms with Crippen molar-refractivity contribution >= 4 is 21.8 Å². The van der Waals surface area contributed by atoms with E-state index in [4.69, 9.17) is 5.26 Å². The first-order valence-corrected chi connectivity index (χ1v) is 9.06. The normalized spacial score (nSPS) is 20.8. The lowest BCUT2D eigenvalue weighted by molar-refractivity contribution is 0.391. The standard InChI is InChI=1S/C14H18N2O2S2/c1-11(2)14-10-16(6-7-19-14)20(17,18)13-5-3-4-12(8-13)9-15/h3-5,8,11,14H,6-7,10H2,1-2H3. The summed E-state index contributed by atoms with van der Waals surface area (Å²) in [5, 5.41) is 9.22.